The van der Waals surface area contributed by atoms with Gasteiger partial charge in [0.25, 0.3) is 0 Å². The van der Waals surface area contributed by atoms with Crippen molar-refractivity contribution in [3.05, 3.63) is 18.0 Å². The average Bonchev–Trinajstić information content (AvgIpc) is 3.02. The summed E-state index contributed by atoms with van der Waals surface area (Å²) in [6.45, 7) is 13.9. The molecule has 0 unspecified atom stereocenters. The molecule has 1 fully saturated rings. The summed E-state index contributed by atoms with van der Waals surface area (Å²) in [5, 5.41) is 11.1. The van der Waals surface area contributed by atoms with Crippen molar-refractivity contribution in [1.82, 2.24) is 25.3 Å². The smallest absolute Gasteiger partial charge is 0.191 e. The van der Waals surface area contributed by atoms with Crippen molar-refractivity contribution < 1.29 is 0 Å². The molecule has 142 valence electrons. The number of aliphatic imine (C=N–C) groups is 1. The topological polar surface area (TPSA) is 57.5 Å². The molecule has 1 aromatic heterocycles. The molecule has 0 radical (unpaired) electrons. The molecule has 2 heterocycles. The van der Waals surface area contributed by atoms with Crippen LogP contribution in [0.15, 0.2) is 17.4 Å². The molecule has 1 aromatic rings. The van der Waals surface area contributed by atoms with Crippen LogP contribution in [0.3, 0.4) is 0 Å². The third kappa shape index (κ3) is 7.90. The fraction of sp³-hybridized carbons (Fsp3) is 0.789. The second-order valence-corrected chi connectivity index (χ2v) is 7.20. The van der Waals surface area contributed by atoms with Crippen LogP contribution in [-0.4, -0.2) is 59.9 Å². The van der Waals surface area contributed by atoms with Gasteiger partial charge in [0.1, 0.15) is 0 Å². The summed E-state index contributed by atoms with van der Waals surface area (Å²) in [6.07, 6.45) is 8.86. The van der Waals surface area contributed by atoms with E-state index >= 15 is 0 Å². The van der Waals surface area contributed by atoms with Crippen molar-refractivity contribution in [2.24, 2.45) is 10.9 Å². The lowest BCUT2D eigenvalue weighted by Gasteiger charge is -2.30. The maximum atomic E-state index is 4.67. The van der Waals surface area contributed by atoms with Crippen molar-refractivity contribution >= 4 is 5.96 Å². The number of aromatic nitrogens is 2. The van der Waals surface area contributed by atoms with Gasteiger partial charge >= 0.3 is 0 Å². The molecule has 1 aliphatic heterocycles. The first-order valence-corrected chi connectivity index (χ1v) is 9.91. The van der Waals surface area contributed by atoms with E-state index in [4.69, 9.17) is 0 Å². The summed E-state index contributed by atoms with van der Waals surface area (Å²) < 4.78 is 1.99. The number of piperidine rings is 1. The van der Waals surface area contributed by atoms with Gasteiger partial charge in [-0.05, 0) is 70.6 Å². The minimum Gasteiger partial charge on any atom is -0.357 e. The third-order valence-electron chi connectivity index (χ3n) is 4.74. The second kappa shape index (κ2) is 11.1. The zero-order chi connectivity index (χ0) is 17.9. The summed E-state index contributed by atoms with van der Waals surface area (Å²) in [5.41, 5.74) is 1.21. The Morgan fingerprint density at radius 1 is 1.24 bits per heavy atom. The fourth-order valence-corrected chi connectivity index (χ4v) is 3.15. The quantitative estimate of drug-likeness (QED) is 0.408. The molecule has 0 spiro atoms. The maximum Gasteiger partial charge on any atom is 0.191 e. The molecule has 1 saturated heterocycles. The minimum absolute atomic E-state index is 0.818. The molecule has 1 aliphatic rings. The summed E-state index contributed by atoms with van der Waals surface area (Å²) >= 11 is 0. The molecule has 0 atom stereocenters. The Bertz CT molecular complexity index is 502. The van der Waals surface area contributed by atoms with Crippen LogP contribution >= 0.6 is 0 Å². The van der Waals surface area contributed by atoms with Gasteiger partial charge in [-0.3, -0.25) is 9.67 Å². The number of nitrogens with one attached hydrogen (secondary N) is 2. The Kier molecular flexibility index (Phi) is 8.80. The Balaban J connectivity index is 1.60. The van der Waals surface area contributed by atoms with Gasteiger partial charge in [-0.1, -0.05) is 6.92 Å². The first-order valence-electron chi connectivity index (χ1n) is 9.91. The van der Waals surface area contributed by atoms with E-state index in [1.807, 2.05) is 10.9 Å². The largest absolute Gasteiger partial charge is 0.357 e. The van der Waals surface area contributed by atoms with Gasteiger partial charge in [0, 0.05) is 32.4 Å². The number of rotatable bonds is 9. The highest BCUT2D eigenvalue weighted by molar-refractivity contribution is 5.79. The number of likely N-dealkylation sites (tertiary alicyclic amines) is 1. The molecular weight excluding hydrogens is 312 g/mol. The molecule has 6 heteroatoms. The van der Waals surface area contributed by atoms with Gasteiger partial charge in [0.15, 0.2) is 5.96 Å². The summed E-state index contributed by atoms with van der Waals surface area (Å²) in [6, 6.07) is 0. The number of hydrogen-bond donors (Lipinski definition) is 2. The third-order valence-corrected chi connectivity index (χ3v) is 4.74. The van der Waals surface area contributed by atoms with Crippen LogP contribution in [0.5, 0.6) is 0 Å². The Morgan fingerprint density at radius 3 is 2.72 bits per heavy atom. The van der Waals surface area contributed by atoms with Crippen LogP contribution in [0.2, 0.25) is 0 Å². The van der Waals surface area contributed by atoms with E-state index in [9.17, 15) is 0 Å². The van der Waals surface area contributed by atoms with Gasteiger partial charge in [-0.15, -0.1) is 0 Å². The highest BCUT2D eigenvalue weighted by Crippen LogP contribution is 2.15. The van der Waals surface area contributed by atoms with Crippen LogP contribution in [0, 0.1) is 12.8 Å². The number of hydrogen-bond acceptors (Lipinski definition) is 3. The van der Waals surface area contributed by atoms with E-state index < -0.39 is 0 Å². The van der Waals surface area contributed by atoms with Gasteiger partial charge in [-0.2, -0.15) is 5.10 Å². The predicted molar refractivity (Wildman–Crippen MR) is 105 cm³/mol. The fourth-order valence-electron chi connectivity index (χ4n) is 3.15. The Hall–Kier alpha value is -1.56. The first kappa shape index (κ1) is 19.8. The summed E-state index contributed by atoms with van der Waals surface area (Å²) in [5.74, 6) is 1.85. The molecule has 2 N–H and O–H groups in total. The standard InChI is InChI=1S/C19H36N6/c1-4-20-19(22-10-6-12-25-16-18(3)15-23-25)21-9-5-11-24-13-7-17(2)8-14-24/h15-17H,4-14H2,1-3H3,(H2,20,21,22). The molecular formula is C19H36N6. The van der Waals surface area contributed by atoms with Gasteiger partial charge in [0.2, 0.25) is 0 Å². The van der Waals surface area contributed by atoms with Crippen molar-refractivity contribution in [1.29, 1.82) is 0 Å². The predicted octanol–water partition coefficient (Wildman–Crippen LogP) is 2.26. The Labute approximate surface area is 153 Å². The van der Waals surface area contributed by atoms with Crippen molar-refractivity contribution in [3.8, 4) is 0 Å². The van der Waals surface area contributed by atoms with E-state index in [1.54, 1.807) is 0 Å². The van der Waals surface area contributed by atoms with Crippen LogP contribution < -0.4 is 10.6 Å². The van der Waals surface area contributed by atoms with Crippen molar-refractivity contribution in [2.45, 2.75) is 53.0 Å². The summed E-state index contributed by atoms with van der Waals surface area (Å²) in [7, 11) is 0. The van der Waals surface area contributed by atoms with Crippen LogP contribution in [0.25, 0.3) is 0 Å². The molecule has 0 bridgehead atoms. The normalized spacial score (nSPS) is 17.0. The molecule has 0 aromatic carbocycles. The first-order chi connectivity index (χ1) is 12.2. The van der Waals surface area contributed by atoms with E-state index in [-0.39, 0.29) is 0 Å². The van der Waals surface area contributed by atoms with E-state index in [0.29, 0.717) is 0 Å². The van der Waals surface area contributed by atoms with Gasteiger partial charge in [-0.25, -0.2) is 0 Å². The number of aryl methyl sites for hydroxylation is 2. The number of guanidine groups is 1. The van der Waals surface area contributed by atoms with E-state index in [2.05, 4.69) is 52.6 Å². The number of nitrogens with zero attached hydrogens (tertiary/aromatic N) is 4. The average molecular weight is 349 g/mol. The molecule has 0 saturated carbocycles. The van der Waals surface area contributed by atoms with Crippen molar-refractivity contribution in [3.63, 3.8) is 0 Å². The van der Waals surface area contributed by atoms with Gasteiger partial charge in [0.05, 0.1) is 6.20 Å². The zero-order valence-electron chi connectivity index (χ0n) is 16.3. The lowest BCUT2D eigenvalue weighted by Crippen LogP contribution is -2.39. The molecule has 25 heavy (non-hydrogen) atoms. The molecule has 0 aliphatic carbocycles. The van der Waals surface area contributed by atoms with Crippen LogP contribution in [0.1, 0.15) is 45.1 Å². The zero-order valence-corrected chi connectivity index (χ0v) is 16.3. The lowest BCUT2D eigenvalue weighted by atomic mass is 9.99. The molecule has 2 rings (SSSR count). The Morgan fingerprint density at radius 2 is 2.04 bits per heavy atom. The molecule has 0 amide bonds. The minimum atomic E-state index is 0.818. The van der Waals surface area contributed by atoms with E-state index in [0.717, 1.165) is 44.5 Å². The van der Waals surface area contributed by atoms with Crippen LogP contribution in [0.4, 0.5) is 0 Å². The van der Waals surface area contributed by atoms with E-state index in [1.165, 1.54) is 44.5 Å². The second-order valence-electron chi connectivity index (χ2n) is 7.20. The summed E-state index contributed by atoms with van der Waals surface area (Å²) in [4.78, 5) is 7.26. The highest BCUT2D eigenvalue weighted by atomic mass is 15.3. The monoisotopic (exact) mass is 348 g/mol. The van der Waals surface area contributed by atoms with Crippen LogP contribution in [-0.2, 0) is 6.54 Å². The highest BCUT2D eigenvalue weighted by Gasteiger charge is 2.14. The lowest BCUT2D eigenvalue weighted by molar-refractivity contribution is 0.191. The van der Waals surface area contributed by atoms with Gasteiger partial charge < -0.3 is 15.5 Å². The molecule has 6 nitrogen and oxygen atoms in total. The van der Waals surface area contributed by atoms with Crippen molar-refractivity contribution in [2.75, 3.05) is 39.3 Å². The SMILES string of the molecule is CCNC(=NCCCn1cc(C)cn1)NCCCN1CCC(C)CC1. The maximum absolute atomic E-state index is 4.67.